The Kier molecular flexibility index (Phi) is 9.86. The zero-order valence-electron chi connectivity index (χ0n) is 14.6. The summed E-state index contributed by atoms with van der Waals surface area (Å²) in [6.45, 7) is 4.30. The van der Waals surface area contributed by atoms with Gasteiger partial charge in [0.1, 0.15) is 5.69 Å². The van der Waals surface area contributed by atoms with Crippen LogP contribution in [0.5, 0.6) is 0 Å². The minimum absolute atomic E-state index is 0.942. The molecule has 0 spiro atoms. The highest BCUT2D eigenvalue weighted by Crippen LogP contribution is 2.28. The molecule has 0 atom stereocenters. The van der Waals surface area contributed by atoms with Crippen LogP contribution in [-0.2, 0) is 9.59 Å². The molecule has 1 aromatic heterocycles. The van der Waals surface area contributed by atoms with Gasteiger partial charge in [0.05, 0.1) is 0 Å². The van der Waals surface area contributed by atoms with Crippen LogP contribution in [0, 0.1) is 0 Å². The minimum Gasteiger partial charge on any atom is -0.473 e. The molecule has 1 aliphatic rings. The molecule has 0 unspecified atom stereocenters. The second kappa shape index (κ2) is 11.6. The van der Waals surface area contributed by atoms with E-state index in [2.05, 4.69) is 35.3 Å². The van der Waals surface area contributed by atoms with Crippen LogP contribution < -0.4 is 0 Å². The average molecular weight is 371 g/mol. The molecule has 0 fully saturated rings. The van der Waals surface area contributed by atoms with E-state index in [-0.39, 0.29) is 0 Å². The Morgan fingerprint density at radius 3 is 2.56 bits per heavy atom. The number of unbranched alkanes of at least 4 members (excludes halogenated alkanes) is 3. The van der Waals surface area contributed by atoms with Crippen molar-refractivity contribution in [2.45, 2.75) is 44.1 Å². The molecule has 0 amide bonds. The number of thioether (sulfide) groups is 1. The SMILES string of the molecule is CCCCCCSc1nonc1C1=CCCN(C)C1.O=C(O)C(=O)O. The number of aliphatic carboxylic acids is 2. The first-order valence-corrected chi connectivity index (χ1v) is 9.23. The van der Waals surface area contributed by atoms with Crippen molar-refractivity contribution in [2.75, 3.05) is 25.9 Å². The van der Waals surface area contributed by atoms with E-state index < -0.39 is 11.9 Å². The van der Waals surface area contributed by atoms with Crippen molar-refractivity contribution in [1.82, 2.24) is 15.2 Å². The first-order chi connectivity index (χ1) is 12.0. The molecule has 2 rings (SSSR count). The number of aromatic nitrogens is 2. The first kappa shape index (κ1) is 21.2. The van der Waals surface area contributed by atoms with Crippen molar-refractivity contribution in [3.05, 3.63) is 11.8 Å². The van der Waals surface area contributed by atoms with Gasteiger partial charge >= 0.3 is 11.9 Å². The van der Waals surface area contributed by atoms with Crippen LogP contribution in [0.25, 0.3) is 5.57 Å². The maximum atomic E-state index is 9.10. The predicted molar refractivity (Wildman–Crippen MR) is 94.5 cm³/mol. The van der Waals surface area contributed by atoms with Crippen LogP contribution in [0.3, 0.4) is 0 Å². The summed E-state index contributed by atoms with van der Waals surface area (Å²) < 4.78 is 4.93. The Morgan fingerprint density at radius 2 is 1.96 bits per heavy atom. The van der Waals surface area contributed by atoms with Crippen molar-refractivity contribution < 1.29 is 24.4 Å². The lowest BCUT2D eigenvalue weighted by atomic mass is 10.1. The molecule has 0 saturated carbocycles. The third-order valence-corrected chi connectivity index (χ3v) is 4.56. The molecule has 0 radical (unpaired) electrons. The van der Waals surface area contributed by atoms with Gasteiger partial charge in [0.25, 0.3) is 0 Å². The molecule has 0 bridgehead atoms. The van der Waals surface area contributed by atoms with Gasteiger partial charge in [-0.05, 0) is 41.5 Å². The number of carboxylic acids is 2. The molecule has 1 aromatic rings. The second-order valence-electron chi connectivity index (χ2n) is 5.69. The first-order valence-electron chi connectivity index (χ1n) is 8.25. The Morgan fingerprint density at radius 1 is 1.24 bits per heavy atom. The summed E-state index contributed by atoms with van der Waals surface area (Å²) in [5.41, 5.74) is 2.21. The van der Waals surface area contributed by atoms with Crippen LogP contribution in [0.4, 0.5) is 0 Å². The Bertz CT molecular complexity index is 576. The van der Waals surface area contributed by atoms with Gasteiger partial charge in [0.15, 0.2) is 5.03 Å². The minimum atomic E-state index is -1.82. The van der Waals surface area contributed by atoms with Crippen LogP contribution in [0.15, 0.2) is 15.7 Å². The molecule has 140 valence electrons. The molecular weight excluding hydrogens is 346 g/mol. The van der Waals surface area contributed by atoms with Crippen LogP contribution in [0.1, 0.15) is 44.7 Å². The summed E-state index contributed by atoms with van der Waals surface area (Å²) in [6.07, 6.45) is 8.49. The van der Waals surface area contributed by atoms with Gasteiger partial charge in [-0.25, -0.2) is 14.2 Å². The van der Waals surface area contributed by atoms with Gasteiger partial charge in [0, 0.05) is 13.1 Å². The molecule has 1 aliphatic heterocycles. The topological polar surface area (TPSA) is 117 Å². The van der Waals surface area contributed by atoms with Gasteiger partial charge in [-0.15, -0.1) is 11.8 Å². The fraction of sp³-hybridized carbons (Fsp3) is 0.625. The monoisotopic (exact) mass is 371 g/mol. The number of nitrogens with zero attached hydrogens (tertiary/aromatic N) is 3. The number of hydrogen-bond acceptors (Lipinski definition) is 7. The van der Waals surface area contributed by atoms with E-state index in [1.807, 2.05) is 0 Å². The highest BCUT2D eigenvalue weighted by molar-refractivity contribution is 7.99. The molecule has 8 nitrogen and oxygen atoms in total. The lowest BCUT2D eigenvalue weighted by Crippen LogP contribution is -2.25. The zero-order chi connectivity index (χ0) is 18.7. The largest absolute Gasteiger partial charge is 0.473 e. The Balaban J connectivity index is 0.000000450. The zero-order valence-corrected chi connectivity index (χ0v) is 15.4. The molecule has 0 aliphatic carbocycles. The van der Waals surface area contributed by atoms with E-state index in [0.29, 0.717) is 0 Å². The standard InChI is InChI=1S/C14H23N3OS.C2H2O4/c1-3-4-5-6-10-19-14-13(15-18-16-14)12-8-7-9-17(2)11-12;3-1(4)2(5)6/h8H,3-7,9-11H2,1-2H3;(H,3,4)(H,5,6). The summed E-state index contributed by atoms with van der Waals surface area (Å²) >= 11 is 1.77. The molecular formula is C16H25N3O5S. The second-order valence-corrected chi connectivity index (χ2v) is 6.78. The average Bonchev–Trinajstić information content (AvgIpc) is 3.03. The number of rotatable bonds is 7. The van der Waals surface area contributed by atoms with E-state index in [1.54, 1.807) is 11.8 Å². The number of hydrogen-bond donors (Lipinski definition) is 2. The lowest BCUT2D eigenvalue weighted by molar-refractivity contribution is -0.159. The van der Waals surface area contributed by atoms with Gasteiger partial charge < -0.3 is 15.1 Å². The fourth-order valence-corrected chi connectivity index (χ4v) is 3.17. The summed E-state index contributed by atoms with van der Waals surface area (Å²) in [4.78, 5) is 20.5. The van der Waals surface area contributed by atoms with Gasteiger partial charge in [-0.1, -0.05) is 32.3 Å². The molecule has 0 saturated heterocycles. The van der Waals surface area contributed by atoms with E-state index >= 15 is 0 Å². The van der Waals surface area contributed by atoms with E-state index in [4.69, 9.17) is 24.4 Å². The van der Waals surface area contributed by atoms with Crippen molar-refractivity contribution >= 4 is 29.3 Å². The maximum Gasteiger partial charge on any atom is 0.414 e. The third-order valence-electron chi connectivity index (χ3n) is 3.52. The van der Waals surface area contributed by atoms with Gasteiger partial charge in [-0.3, -0.25) is 0 Å². The quantitative estimate of drug-likeness (QED) is 0.423. The van der Waals surface area contributed by atoms with Crippen molar-refractivity contribution in [3.8, 4) is 0 Å². The predicted octanol–water partition coefficient (Wildman–Crippen LogP) is 2.62. The lowest BCUT2D eigenvalue weighted by Gasteiger charge is -2.21. The summed E-state index contributed by atoms with van der Waals surface area (Å²) in [5.74, 6) is -2.55. The highest BCUT2D eigenvalue weighted by atomic mass is 32.2. The Labute approximate surface area is 151 Å². The van der Waals surface area contributed by atoms with Crippen molar-refractivity contribution in [1.29, 1.82) is 0 Å². The fourth-order valence-electron chi connectivity index (χ4n) is 2.23. The summed E-state index contributed by atoms with van der Waals surface area (Å²) in [5, 5.41) is 23.9. The normalized spacial score (nSPS) is 14.4. The van der Waals surface area contributed by atoms with Gasteiger partial charge in [-0.2, -0.15) is 0 Å². The smallest absolute Gasteiger partial charge is 0.414 e. The molecule has 25 heavy (non-hydrogen) atoms. The van der Waals surface area contributed by atoms with Crippen LogP contribution in [-0.4, -0.2) is 63.3 Å². The number of carbonyl (C=O) groups is 2. The van der Waals surface area contributed by atoms with E-state index in [1.165, 1.54) is 31.3 Å². The van der Waals surface area contributed by atoms with Crippen molar-refractivity contribution in [3.63, 3.8) is 0 Å². The number of carboxylic acid groups (broad SMARTS) is 2. The molecule has 9 heteroatoms. The highest BCUT2D eigenvalue weighted by Gasteiger charge is 2.18. The Hall–Kier alpha value is -1.87. The molecule has 0 aromatic carbocycles. The van der Waals surface area contributed by atoms with Crippen molar-refractivity contribution in [2.24, 2.45) is 0 Å². The summed E-state index contributed by atoms with van der Waals surface area (Å²) in [6, 6.07) is 0. The van der Waals surface area contributed by atoms with E-state index in [9.17, 15) is 0 Å². The third kappa shape index (κ3) is 8.17. The van der Waals surface area contributed by atoms with Gasteiger partial charge in [0.2, 0.25) is 0 Å². The molecule has 2 heterocycles. The summed E-state index contributed by atoms with van der Waals surface area (Å²) in [7, 11) is 2.14. The van der Waals surface area contributed by atoms with Crippen LogP contribution >= 0.6 is 11.8 Å². The van der Waals surface area contributed by atoms with Crippen LogP contribution in [0.2, 0.25) is 0 Å². The molecule has 2 N–H and O–H groups in total. The van der Waals surface area contributed by atoms with E-state index in [0.717, 1.165) is 36.0 Å². The number of likely N-dealkylation sites (N-methyl/N-ethyl adjacent to an activating group) is 1. The maximum absolute atomic E-state index is 9.10.